The van der Waals surface area contributed by atoms with Crippen LogP contribution in [0.5, 0.6) is 5.75 Å². The fourth-order valence-electron chi connectivity index (χ4n) is 2.53. The van der Waals surface area contributed by atoms with E-state index in [0.717, 1.165) is 11.6 Å². The number of fused-ring (bicyclic) bond motifs is 1. The van der Waals surface area contributed by atoms with Crippen molar-refractivity contribution in [3.8, 4) is 5.75 Å². The highest BCUT2D eigenvalue weighted by atomic mass is 32.2. The number of nitrogens with one attached hydrogen (secondary N) is 3. The maximum atomic E-state index is 11.7. The Bertz CT molecular complexity index is 1050. The van der Waals surface area contributed by atoms with Gasteiger partial charge in [-0.1, -0.05) is 0 Å². The van der Waals surface area contributed by atoms with E-state index in [1.807, 2.05) is 6.07 Å². The predicted octanol–water partition coefficient (Wildman–Crippen LogP) is 2.17. The van der Waals surface area contributed by atoms with Gasteiger partial charge in [0.05, 0.1) is 29.7 Å². The molecule has 3 aromatic rings. The summed E-state index contributed by atoms with van der Waals surface area (Å²) in [6, 6.07) is 6.47. The summed E-state index contributed by atoms with van der Waals surface area (Å²) in [5, 5.41) is 7.15. The van der Waals surface area contributed by atoms with Gasteiger partial charge in [0.2, 0.25) is 5.95 Å². The number of rotatable bonds is 8. The number of aromatic nitrogens is 3. The second-order valence-corrected chi connectivity index (χ2v) is 7.83. The van der Waals surface area contributed by atoms with Gasteiger partial charge < -0.3 is 25.1 Å². The van der Waals surface area contributed by atoms with E-state index in [1.165, 1.54) is 19.2 Å². The van der Waals surface area contributed by atoms with Crippen molar-refractivity contribution in [1.29, 1.82) is 0 Å². The normalized spacial score (nSPS) is 11.5. The van der Waals surface area contributed by atoms with Gasteiger partial charge in [-0.05, 0) is 18.2 Å². The van der Waals surface area contributed by atoms with E-state index in [9.17, 15) is 8.42 Å². The van der Waals surface area contributed by atoms with Crippen molar-refractivity contribution in [3.63, 3.8) is 0 Å². The number of methoxy groups -OCH3 is 2. The third-order valence-electron chi connectivity index (χ3n) is 3.86. The van der Waals surface area contributed by atoms with E-state index in [4.69, 9.17) is 9.47 Å². The zero-order valence-electron chi connectivity index (χ0n) is 15.2. The van der Waals surface area contributed by atoms with Crippen LogP contribution in [0.1, 0.15) is 0 Å². The molecule has 0 saturated heterocycles. The molecule has 3 N–H and O–H groups in total. The lowest BCUT2D eigenvalue weighted by atomic mass is 10.3. The molecule has 0 saturated carbocycles. The van der Waals surface area contributed by atoms with E-state index in [0.29, 0.717) is 42.0 Å². The van der Waals surface area contributed by atoms with Gasteiger partial charge in [-0.15, -0.1) is 0 Å². The Balaban J connectivity index is 1.94. The van der Waals surface area contributed by atoms with Crippen molar-refractivity contribution in [2.75, 3.05) is 44.3 Å². The lowest BCUT2D eigenvalue weighted by Gasteiger charge is -2.13. The molecule has 0 aliphatic rings. The number of hydrogen-bond donors (Lipinski definition) is 3. The summed E-state index contributed by atoms with van der Waals surface area (Å²) in [5.74, 6) is 1.38. The second kappa shape index (κ2) is 7.80. The monoisotopic (exact) mass is 391 g/mol. The summed E-state index contributed by atoms with van der Waals surface area (Å²) >= 11 is 0. The molecule has 0 bridgehead atoms. The second-order valence-electron chi connectivity index (χ2n) is 5.81. The van der Waals surface area contributed by atoms with Gasteiger partial charge in [0.1, 0.15) is 17.2 Å². The Labute approximate surface area is 157 Å². The van der Waals surface area contributed by atoms with Crippen LogP contribution < -0.4 is 15.4 Å². The van der Waals surface area contributed by atoms with Crippen molar-refractivity contribution < 1.29 is 17.9 Å². The van der Waals surface area contributed by atoms with Crippen molar-refractivity contribution in [1.82, 2.24) is 15.0 Å². The Morgan fingerprint density at radius 1 is 1.19 bits per heavy atom. The average Bonchev–Trinajstić information content (AvgIpc) is 3.10. The number of sulfone groups is 1. The molecule has 0 fully saturated rings. The smallest absolute Gasteiger partial charge is 0.231 e. The first kappa shape index (κ1) is 18.9. The van der Waals surface area contributed by atoms with Crippen LogP contribution in [0.25, 0.3) is 11.0 Å². The summed E-state index contributed by atoms with van der Waals surface area (Å²) in [7, 11) is -0.228. The van der Waals surface area contributed by atoms with Crippen molar-refractivity contribution in [3.05, 3.63) is 30.5 Å². The fourth-order valence-corrected chi connectivity index (χ4v) is 3.17. The molecule has 1 aromatic carbocycles. The van der Waals surface area contributed by atoms with E-state index in [1.54, 1.807) is 19.4 Å². The number of ether oxygens (including phenoxy) is 2. The van der Waals surface area contributed by atoms with Crippen LogP contribution in [-0.4, -0.2) is 57.0 Å². The fraction of sp³-hybridized carbons (Fsp3) is 0.294. The lowest BCUT2D eigenvalue weighted by molar-refractivity contribution is 0.210. The first-order chi connectivity index (χ1) is 12.9. The molecule has 9 nitrogen and oxygen atoms in total. The van der Waals surface area contributed by atoms with Crippen molar-refractivity contribution in [2.24, 2.45) is 0 Å². The van der Waals surface area contributed by atoms with Crippen LogP contribution in [-0.2, 0) is 14.6 Å². The molecule has 0 amide bonds. The van der Waals surface area contributed by atoms with Crippen molar-refractivity contribution >= 4 is 38.3 Å². The van der Waals surface area contributed by atoms with Crippen LogP contribution in [0.15, 0.2) is 35.4 Å². The SMILES string of the molecule is COCCNc1nc(Nc2ccc(S(C)(=O)=O)cc2OC)nc2[nH]ccc12. The zero-order valence-corrected chi connectivity index (χ0v) is 16.1. The summed E-state index contributed by atoms with van der Waals surface area (Å²) in [5.41, 5.74) is 1.22. The quantitative estimate of drug-likeness (QED) is 0.500. The highest BCUT2D eigenvalue weighted by molar-refractivity contribution is 7.90. The predicted molar refractivity (Wildman–Crippen MR) is 104 cm³/mol. The first-order valence-corrected chi connectivity index (χ1v) is 10.0. The Morgan fingerprint density at radius 2 is 2.00 bits per heavy atom. The highest BCUT2D eigenvalue weighted by Gasteiger charge is 2.14. The van der Waals surface area contributed by atoms with Crippen LogP contribution in [0, 0.1) is 0 Å². The number of nitrogens with zero attached hydrogens (tertiary/aromatic N) is 2. The van der Waals surface area contributed by atoms with Gasteiger partial charge in [0.15, 0.2) is 9.84 Å². The summed E-state index contributed by atoms with van der Waals surface area (Å²) in [6.45, 7) is 1.14. The zero-order chi connectivity index (χ0) is 19.4. The molecule has 3 rings (SSSR count). The Hall–Kier alpha value is -2.85. The number of aromatic amines is 1. The summed E-state index contributed by atoms with van der Waals surface area (Å²) in [4.78, 5) is 12.2. The van der Waals surface area contributed by atoms with E-state index >= 15 is 0 Å². The number of H-pyrrole nitrogens is 1. The van der Waals surface area contributed by atoms with E-state index in [-0.39, 0.29) is 4.90 Å². The van der Waals surface area contributed by atoms with Gasteiger partial charge in [-0.2, -0.15) is 9.97 Å². The molecule has 2 heterocycles. The maximum absolute atomic E-state index is 11.7. The number of anilines is 3. The minimum Gasteiger partial charge on any atom is -0.495 e. The van der Waals surface area contributed by atoms with Gasteiger partial charge in [-0.3, -0.25) is 0 Å². The molecule has 144 valence electrons. The molecular weight excluding hydrogens is 370 g/mol. The minimum atomic E-state index is -3.33. The van der Waals surface area contributed by atoms with Crippen molar-refractivity contribution in [2.45, 2.75) is 4.90 Å². The lowest BCUT2D eigenvalue weighted by Crippen LogP contribution is -2.10. The first-order valence-electron chi connectivity index (χ1n) is 8.15. The molecule has 10 heteroatoms. The average molecular weight is 391 g/mol. The van der Waals surface area contributed by atoms with Crippen LogP contribution in [0.4, 0.5) is 17.5 Å². The van der Waals surface area contributed by atoms with Gasteiger partial charge in [0.25, 0.3) is 0 Å². The summed E-state index contributed by atoms with van der Waals surface area (Å²) < 4.78 is 33.8. The minimum absolute atomic E-state index is 0.174. The Morgan fingerprint density at radius 3 is 2.70 bits per heavy atom. The molecule has 0 unspecified atom stereocenters. The van der Waals surface area contributed by atoms with Gasteiger partial charge in [-0.25, -0.2) is 8.42 Å². The molecule has 0 aliphatic heterocycles. The molecule has 2 aromatic heterocycles. The van der Waals surface area contributed by atoms with Crippen LogP contribution in [0.2, 0.25) is 0 Å². The Kier molecular flexibility index (Phi) is 5.47. The molecule has 27 heavy (non-hydrogen) atoms. The van der Waals surface area contributed by atoms with Crippen LogP contribution >= 0.6 is 0 Å². The molecule has 0 radical (unpaired) electrons. The molecule has 0 atom stereocenters. The van der Waals surface area contributed by atoms with E-state index < -0.39 is 9.84 Å². The molecule has 0 aliphatic carbocycles. The topological polar surface area (TPSA) is 118 Å². The third kappa shape index (κ3) is 4.29. The highest BCUT2D eigenvalue weighted by Crippen LogP contribution is 2.30. The number of hydrogen-bond acceptors (Lipinski definition) is 8. The standard InChI is InChI=1S/C17H21N5O4S/c1-25-9-8-19-16-12-6-7-18-15(12)21-17(22-16)20-13-5-4-11(27(3,23)24)10-14(13)26-2/h4-7,10H,8-9H2,1-3H3,(H3,18,19,20,21,22). The third-order valence-corrected chi connectivity index (χ3v) is 4.97. The van der Waals surface area contributed by atoms with E-state index in [2.05, 4.69) is 25.6 Å². The van der Waals surface area contributed by atoms with Gasteiger partial charge >= 0.3 is 0 Å². The molecular formula is C17H21N5O4S. The summed E-state index contributed by atoms with van der Waals surface area (Å²) in [6.07, 6.45) is 2.93. The number of benzene rings is 1. The van der Waals surface area contributed by atoms with Crippen LogP contribution in [0.3, 0.4) is 0 Å². The van der Waals surface area contributed by atoms with Gasteiger partial charge in [0, 0.05) is 32.2 Å². The maximum Gasteiger partial charge on any atom is 0.231 e. The largest absolute Gasteiger partial charge is 0.495 e. The molecule has 0 spiro atoms.